The molecule has 0 amide bonds. The summed E-state index contributed by atoms with van der Waals surface area (Å²) in [5.41, 5.74) is 1.33. The first-order valence-corrected chi connectivity index (χ1v) is 7.65. The van der Waals surface area contributed by atoms with E-state index in [-0.39, 0.29) is 0 Å². The number of likely N-dealkylation sites (N-methyl/N-ethyl adjacent to an activating group) is 1. The third-order valence-electron chi connectivity index (χ3n) is 4.26. The van der Waals surface area contributed by atoms with Crippen LogP contribution in [0.3, 0.4) is 0 Å². The zero-order valence-electron chi connectivity index (χ0n) is 12.5. The molecular formula is C16H31NO. The fourth-order valence-electron chi connectivity index (χ4n) is 3.17. The van der Waals surface area contributed by atoms with Crippen molar-refractivity contribution in [1.82, 2.24) is 5.32 Å². The SMILES string of the molecule is C=C(CC)CC(NCC)C(OC)C1CCCCC1. The molecule has 2 heteroatoms. The minimum absolute atomic E-state index is 0.355. The Kier molecular flexibility index (Phi) is 7.60. The quantitative estimate of drug-likeness (QED) is 0.662. The van der Waals surface area contributed by atoms with Gasteiger partial charge in [-0.05, 0) is 38.1 Å². The van der Waals surface area contributed by atoms with Gasteiger partial charge in [0.15, 0.2) is 0 Å². The molecule has 0 heterocycles. The number of nitrogens with one attached hydrogen (secondary N) is 1. The molecule has 0 radical (unpaired) electrons. The average Bonchev–Trinajstić information content (AvgIpc) is 2.41. The van der Waals surface area contributed by atoms with Crippen molar-refractivity contribution in [3.63, 3.8) is 0 Å². The van der Waals surface area contributed by atoms with Crippen LogP contribution in [0.5, 0.6) is 0 Å². The standard InChI is InChI=1S/C16H31NO/c1-5-13(3)12-15(17-6-2)16(18-4)14-10-8-7-9-11-14/h14-17H,3,5-12H2,1-2,4H3. The Morgan fingerprint density at radius 3 is 2.44 bits per heavy atom. The van der Waals surface area contributed by atoms with E-state index in [1.807, 2.05) is 7.11 Å². The van der Waals surface area contributed by atoms with Crippen molar-refractivity contribution >= 4 is 0 Å². The second-order valence-electron chi connectivity index (χ2n) is 5.57. The van der Waals surface area contributed by atoms with Gasteiger partial charge in [-0.3, -0.25) is 0 Å². The van der Waals surface area contributed by atoms with E-state index in [4.69, 9.17) is 4.74 Å². The van der Waals surface area contributed by atoms with Gasteiger partial charge in [-0.1, -0.05) is 45.3 Å². The fourth-order valence-corrected chi connectivity index (χ4v) is 3.17. The molecule has 1 fully saturated rings. The van der Waals surface area contributed by atoms with Gasteiger partial charge in [-0.15, -0.1) is 0 Å². The molecule has 1 N–H and O–H groups in total. The van der Waals surface area contributed by atoms with Crippen LogP contribution in [0.4, 0.5) is 0 Å². The van der Waals surface area contributed by atoms with Crippen LogP contribution in [0.25, 0.3) is 0 Å². The Bertz CT molecular complexity index is 233. The Balaban J connectivity index is 2.62. The summed E-state index contributed by atoms with van der Waals surface area (Å²) in [6.07, 6.45) is 9.30. The van der Waals surface area contributed by atoms with Crippen molar-refractivity contribution in [2.45, 2.75) is 70.9 Å². The first-order chi connectivity index (χ1) is 8.72. The predicted molar refractivity (Wildman–Crippen MR) is 78.9 cm³/mol. The van der Waals surface area contributed by atoms with Crippen molar-refractivity contribution in [1.29, 1.82) is 0 Å². The van der Waals surface area contributed by atoms with Gasteiger partial charge in [-0.2, -0.15) is 0 Å². The van der Waals surface area contributed by atoms with Gasteiger partial charge in [0.25, 0.3) is 0 Å². The van der Waals surface area contributed by atoms with Crippen LogP contribution >= 0.6 is 0 Å². The highest BCUT2D eigenvalue weighted by Gasteiger charge is 2.30. The molecule has 0 spiro atoms. The smallest absolute Gasteiger partial charge is 0.0755 e. The molecule has 0 aromatic carbocycles. The molecule has 2 nitrogen and oxygen atoms in total. The second-order valence-corrected chi connectivity index (χ2v) is 5.57. The Morgan fingerprint density at radius 1 is 1.28 bits per heavy atom. The van der Waals surface area contributed by atoms with E-state index < -0.39 is 0 Å². The van der Waals surface area contributed by atoms with Gasteiger partial charge in [-0.25, -0.2) is 0 Å². The van der Waals surface area contributed by atoms with Gasteiger partial charge >= 0.3 is 0 Å². The first kappa shape index (κ1) is 15.7. The van der Waals surface area contributed by atoms with Crippen molar-refractivity contribution in [3.05, 3.63) is 12.2 Å². The number of rotatable bonds is 8. The second kappa shape index (κ2) is 8.71. The van der Waals surface area contributed by atoms with E-state index in [0.29, 0.717) is 12.1 Å². The lowest BCUT2D eigenvalue weighted by molar-refractivity contribution is 0.00859. The third-order valence-corrected chi connectivity index (χ3v) is 4.26. The average molecular weight is 253 g/mol. The number of hydrogen-bond donors (Lipinski definition) is 1. The summed E-state index contributed by atoms with van der Waals surface area (Å²) in [6.45, 7) is 9.53. The molecule has 18 heavy (non-hydrogen) atoms. The Hall–Kier alpha value is -0.340. The van der Waals surface area contributed by atoms with Crippen LogP contribution in [0, 0.1) is 5.92 Å². The van der Waals surface area contributed by atoms with Crippen LogP contribution < -0.4 is 5.32 Å². The highest BCUT2D eigenvalue weighted by Crippen LogP contribution is 2.30. The minimum atomic E-state index is 0.355. The lowest BCUT2D eigenvalue weighted by Crippen LogP contribution is -2.45. The summed E-state index contributed by atoms with van der Waals surface area (Å²) in [6, 6.07) is 0.440. The summed E-state index contributed by atoms with van der Waals surface area (Å²) in [5, 5.41) is 3.61. The zero-order valence-corrected chi connectivity index (χ0v) is 12.5. The molecule has 1 rings (SSSR count). The van der Waals surface area contributed by atoms with Gasteiger partial charge in [0.2, 0.25) is 0 Å². The number of hydrogen-bond acceptors (Lipinski definition) is 2. The highest BCUT2D eigenvalue weighted by atomic mass is 16.5. The van der Waals surface area contributed by atoms with Crippen LogP contribution in [-0.2, 0) is 4.74 Å². The summed E-state index contributed by atoms with van der Waals surface area (Å²) >= 11 is 0. The molecule has 2 atom stereocenters. The van der Waals surface area contributed by atoms with Gasteiger partial charge in [0.1, 0.15) is 0 Å². The van der Waals surface area contributed by atoms with E-state index in [1.165, 1.54) is 37.7 Å². The monoisotopic (exact) mass is 253 g/mol. The Labute approximate surface area is 113 Å². The van der Waals surface area contributed by atoms with E-state index >= 15 is 0 Å². The summed E-state index contributed by atoms with van der Waals surface area (Å²) in [5.74, 6) is 0.734. The van der Waals surface area contributed by atoms with Crippen LogP contribution in [0.15, 0.2) is 12.2 Å². The molecule has 0 aromatic rings. The molecule has 0 aliphatic heterocycles. The largest absolute Gasteiger partial charge is 0.380 e. The lowest BCUT2D eigenvalue weighted by atomic mass is 9.81. The summed E-state index contributed by atoms with van der Waals surface area (Å²) < 4.78 is 5.85. The Morgan fingerprint density at radius 2 is 1.94 bits per heavy atom. The van der Waals surface area contributed by atoms with E-state index in [0.717, 1.165) is 25.3 Å². The number of ether oxygens (including phenoxy) is 1. The molecule has 106 valence electrons. The zero-order chi connectivity index (χ0) is 13.4. The topological polar surface area (TPSA) is 21.3 Å². The third kappa shape index (κ3) is 4.74. The predicted octanol–water partition coefficient (Wildman–Crippen LogP) is 3.92. The fraction of sp³-hybridized carbons (Fsp3) is 0.875. The van der Waals surface area contributed by atoms with E-state index in [9.17, 15) is 0 Å². The minimum Gasteiger partial charge on any atom is -0.380 e. The number of methoxy groups -OCH3 is 1. The van der Waals surface area contributed by atoms with Gasteiger partial charge in [0.05, 0.1) is 6.10 Å². The summed E-state index contributed by atoms with van der Waals surface area (Å²) in [4.78, 5) is 0. The maximum Gasteiger partial charge on any atom is 0.0755 e. The molecule has 1 aliphatic carbocycles. The van der Waals surface area contributed by atoms with Crippen LogP contribution in [-0.4, -0.2) is 25.8 Å². The van der Waals surface area contributed by atoms with Crippen molar-refractivity contribution in [2.75, 3.05) is 13.7 Å². The van der Waals surface area contributed by atoms with Crippen molar-refractivity contribution < 1.29 is 4.74 Å². The van der Waals surface area contributed by atoms with E-state index in [2.05, 4.69) is 25.7 Å². The van der Waals surface area contributed by atoms with Gasteiger partial charge in [0, 0.05) is 13.2 Å². The van der Waals surface area contributed by atoms with E-state index in [1.54, 1.807) is 0 Å². The lowest BCUT2D eigenvalue weighted by Gasteiger charge is -2.35. The molecule has 1 aliphatic rings. The molecule has 0 bridgehead atoms. The molecule has 0 saturated heterocycles. The normalized spacial score (nSPS) is 20.6. The van der Waals surface area contributed by atoms with Crippen molar-refractivity contribution in [3.8, 4) is 0 Å². The maximum absolute atomic E-state index is 5.85. The summed E-state index contributed by atoms with van der Waals surface area (Å²) in [7, 11) is 1.87. The molecule has 1 saturated carbocycles. The molecule has 2 unspecified atom stereocenters. The van der Waals surface area contributed by atoms with Gasteiger partial charge < -0.3 is 10.1 Å². The first-order valence-electron chi connectivity index (χ1n) is 7.65. The van der Waals surface area contributed by atoms with Crippen molar-refractivity contribution in [2.24, 2.45) is 5.92 Å². The highest BCUT2D eigenvalue weighted by molar-refractivity contribution is 5.00. The molecule has 0 aromatic heterocycles. The van der Waals surface area contributed by atoms with Crippen LogP contribution in [0.1, 0.15) is 58.8 Å². The van der Waals surface area contributed by atoms with Crippen LogP contribution in [0.2, 0.25) is 0 Å². The molecular weight excluding hydrogens is 222 g/mol. The maximum atomic E-state index is 5.85.